The third-order valence-corrected chi connectivity index (χ3v) is 3.48. The number of hydrogen-bond donors (Lipinski definition) is 1. The summed E-state index contributed by atoms with van der Waals surface area (Å²) in [6.07, 6.45) is 0. The highest BCUT2D eigenvalue weighted by Crippen LogP contribution is 2.31. The van der Waals surface area contributed by atoms with Crippen molar-refractivity contribution in [2.45, 2.75) is 13.2 Å². The zero-order chi connectivity index (χ0) is 14.5. The van der Waals surface area contributed by atoms with Crippen LogP contribution < -0.4 is 5.32 Å². The first-order chi connectivity index (χ1) is 9.61. The Hall–Kier alpha value is -1.29. The molecule has 106 valence electrons. The summed E-state index contributed by atoms with van der Waals surface area (Å²) in [5.41, 5.74) is 2.68. The fourth-order valence-electron chi connectivity index (χ4n) is 1.92. The molecule has 1 N–H and O–H groups in total. The van der Waals surface area contributed by atoms with Crippen LogP contribution in [0.5, 0.6) is 0 Å². The van der Waals surface area contributed by atoms with Crippen LogP contribution in [0.1, 0.15) is 11.1 Å². The highest BCUT2D eigenvalue weighted by molar-refractivity contribution is 6.39. The molecule has 20 heavy (non-hydrogen) atoms. The van der Waals surface area contributed by atoms with E-state index in [-0.39, 0.29) is 10.0 Å². The lowest BCUT2D eigenvalue weighted by atomic mass is 10.1. The summed E-state index contributed by atoms with van der Waals surface area (Å²) >= 11 is 12.0. The predicted molar refractivity (Wildman–Crippen MR) is 80.9 cm³/mol. The second-order valence-electron chi connectivity index (χ2n) is 4.30. The standard InChI is InChI=1S/C15H14Cl2FNO/c1-20-9-11-5-3-2-4-10(11)8-19-15-13(16)6-12(18)7-14(15)17/h2-7,19H,8-9H2,1H3. The van der Waals surface area contributed by atoms with Gasteiger partial charge in [-0.1, -0.05) is 47.5 Å². The average molecular weight is 314 g/mol. The molecule has 2 rings (SSSR count). The van der Waals surface area contributed by atoms with Gasteiger partial charge < -0.3 is 10.1 Å². The van der Waals surface area contributed by atoms with Gasteiger partial charge in [0.25, 0.3) is 0 Å². The van der Waals surface area contributed by atoms with Crippen LogP contribution in [0, 0.1) is 5.82 Å². The molecule has 0 heterocycles. The van der Waals surface area contributed by atoms with E-state index in [0.717, 1.165) is 11.1 Å². The molecule has 0 aliphatic heterocycles. The maximum atomic E-state index is 13.1. The molecule has 2 aromatic rings. The van der Waals surface area contributed by atoms with Crippen LogP contribution in [0.2, 0.25) is 10.0 Å². The van der Waals surface area contributed by atoms with Gasteiger partial charge in [-0.2, -0.15) is 0 Å². The van der Waals surface area contributed by atoms with E-state index >= 15 is 0 Å². The molecule has 0 bridgehead atoms. The molecule has 2 aromatic carbocycles. The van der Waals surface area contributed by atoms with Crippen molar-refractivity contribution >= 4 is 28.9 Å². The molecule has 0 radical (unpaired) electrons. The van der Waals surface area contributed by atoms with Crippen molar-refractivity contribution in [3.63, 3.8) is 0 Å². The highest BCUT2D eigenvalue weighted by atomic mass is 35.5. The Morgan fingerprint density at radius 2 is 1.70 bits per heavy atom. The fourth-order valence-corrected chi connectivity index (χ4v) is 2.52. The maximum absolute atomic E-state index is 13.1. The Morgan fingerprint density at radius 1 is 1.10 bits per heavy atom. The minimum atomic E-state index is -0.453. The molecule has 0 unspecified atom stereocenters. The average Bonchev–Trinajstić information content (AvgIpc) is 2.39. The van der Waals surface area contributed by atoms with Crippen LogP contribution in [0.3, 0.4) is 0 Å². The second kappa shape index (κ2) is 6.93. The van der Waals surface area contributed by atoms with Gasteiger partial charge in [0.2, 0.25) is 0 Å². The van der Waals surface area contributed by atoms with Gasteiger partial charge in [0, 0.05) is 13.7 Å². The van der Waals surface area contributed by atoms with Gasteiger partial charge >= 0.3 is 0 Å². The number of nitrogens with one attached hydrogen (secondary N) is 1. The molecule has 0 aliphatic carbocycles. The van der Waals surface area contributed by atoms with E-state index in [1.807, 2.05) is 24.3 Å². The first-order valence-corrected chi connectivity index (χ1v) is 6.81. The molecule has 0 aromatic heterocycles. The number of halogens is 3. The number of hydrogen-bond acceptors (Lipinski definition) is 2. The Kier molecular flexibility index (Phi) is 5.24. The van der Waals surface area contributed by atoms with E-state index in [1.165, 1.54) is 12.1 Å². The third-order valence-electron chi connectivity index (χ3n) is 2.88. The van der Waals surface area contributed by atoms with Gasteiger partial charge in [0.15, 0.2) is 0 Å². The number of anilines is 1. The van der Waals surface area contributed by atoms with E-state index in [9.17, 15) is 4.39 Å². The van der Waals surface area contributed by atoms with E-state index in [4.69, 9.17) is 27.9 Å². The van der Waals surface area contributed by atoms with E-state index in [2.05, 4.69) is 5.32 Å². The molecule has 0 amide bonds. The number of rotatable bonds is 5. The molecule has 0 spiro atoms. The summed E-state index contributed by atoms with van der Waals surface area (Å²) < 4.78 is 18.3. The lowest BCUT2D eigenvalue weighted by molar-refractivity contribution is 0.184. The molecular weight excluding hydrogens is 300 g/mol. The summed E-state index contributed by atoms with van der Waals surface area (Å²) in [5, 5.41) is 3.66. The zero-order valence-corrected chi connectivity index (χ0v) is 12.4. The van der Waals surface area contributed by atoms with Crippen molar-refractivity contribution in [3.05, 3.63) is 63.4 Å². The number of ether oxygens (including phenoxy) is 1. The first kappa shape index (κ1) is 15.1. The van der Waals surface area contributed by atoms with Crippen molar-refractivity contribution in [2.24, 2.45) is 0 Å². The Labute approximate surface area is 127 Å². The Bertz CT molecular complexity index is 581. The topological polar surface area (TPSA) is 21.3 Å². The molecule has 5 heteroatoms. The van der Waals surface area contributed by atoms with Crippen molar-refractivity contribution in [3.8, 4) is 0 Å². The zero-order valence-electron chi connectivity index (χ0n) is 10.9. The molecule has 0 aliphatic rings. The van der Waals surface area contributed by atoms with Gasteiger partial charge in [-0.15, -0.1) is 0 Å². The second-order valence-corrected chi connectivity index (χ2v) is 5.11. The minimum absolute atomic E-state index is 0.263. The summed E-state index contributed by atoms with van der Waals surface area (Å²) in [5.74, 6) is -0.453. The SMILES string of the molecule is COCc1ccccc1CNc1c(Cl)cc(F)cc1Cl. The monoisotopic (exact) mass is 313 g/mol. The summed E-state index contributed by atoms with van der Waals surface area (Å²) in [6, 6.07) is 10.4. The van der Waals surface area contributed by atoms with Crippen molar-refractivity contribution in [1.82, 2.24) is 0 Å². The van der Waals surface area contributed by atoms with Crippen molar-refractivity contribution < 1.29 is 9.13 Å². The smallest absolute Gasteiger partial charge is 0.126 e. The predicted octanol–water partition coefficient (Wildman–Crippen LogP) is 4.89. The highest BCUT2D eigenvalue weighted by Gasteiger charge is 2.09. The number of methoxy groups -OCH3 is 1. The van der Waals surface area contributed by atoms with Crippen LogP contribution in [0.4, 0.5) is 10.1 Å². The molecule has 0 fully saturated rings. The van der Waals surface area contributed by atoms with E-state index in [0.29, 0.717) is 18.8 Å². The van der Waals surface area contributed by atoms with Gasteiger partial charge in [-0.3, -0.25) is 0 Å². The molecule has 0 atom stereocenters. The minimum Gasteiger partial charge on any atom is -0.380 e. The Morgan fingerprint density at radius 3 is 2.30 bits per heavy atom. The fraction of sp³-hybridized carbons (Fsp3) is 0.200. The maximum Gasteiger partial charge on any atom is 0.126 e. The summed E-state index contributed by atoms with van der Waals surface area (Å²) in [4.78, 5) is 0. The molecule has 0 saturated carbocycles. The van der Waals surface area contributed by atoms with Crippen LogP contribution in [0.25, 0.3) is 0 Å². The largest absolute Gasteiger partial charge is 0.380 e. The van der Waals surface area contributed by atoms with Crippen molar-refractivity contribution in [1.29, 1.82) is 0 Å². The van der Waals surface area contributed by atoms with E-state index < -0.39 is 5.82 Å². The Balaban J connectivity index is 2.17. The lowest BCUT2D eigenvalue weighted by Gasteiger charge is -2.13. The molecule has 2 nitrogen and oxygen atoms in total. The molecular formula is C15H14Cl2FNO. The summed E-state index contributed by atoms with van der Waals surface area (Å²) in [7, 11) is 1.65. The normalized spacial score (nSPS) is 10.6. The lowest BCUT2D eigenvalue weighted by Crippen LogP contribution is -2.04. The summed E-state index contributed by atoms with van der Waals surface area (Å²) in [6.45, 7) is 1.06. The quantitative estimate of drug-likeness (QED) is 0.848. The first-order valence-electron chi connectivity index (χ1n) is 6.06. The van der Waals surface area contributed by atoms with E-state index in [1.54, 1.807) is 7.11 Å². The van der Waals surface area contributed by atoms with Gasteiger partial charge in [-0.05, 0) is 23.3 Å². The number of benzene rings is 2. The van der Waals surface area contributed by atoms with Crippen LogP contribution in [-0.4, -0.2) is 7.11 Å². The van der Waals surface area contributed by atoms with Crippen LogP contribution >= 0.6 is 23.2 Å². The molecule has 0 saturated heterocycles. The van der Waals surface area contributed by atoms with Crippen LogP contribution in [-0.2, 0) is 17.9 Å². The van der Waals surface area contributed by atoms with Gasteiger partial charge in [0.05, 0.1) is 22.3 Å². The third kappa shape index (κ3) is 3.63. The van der Waals surface area contributed by atoms with Gasteiger partial charge in [0.1, 0.15) is 5.82 Å². The van der Waals surface area contributed by atoms with Gasteiger partial charge in [-0.25, -0.2) is 4.39 Å². The van der Waals surface area contributed by atoms with Crippen LogP contribution in [0.15, 0.2) is 36.4 Å². The van der Waals surface area contributed by atoms with Crippen molar-refractivity contribution in [2.75, 3.05) is 12.4 Å².